The van der Waals surface area contributed by atoms with Crippen molar-refractivity contribution >= 4 is 34.6 Å². The monoisotopic (exact) mass is 474 g/mol. The van der Waals surface area contributed by atoms with Gasteiger partial charge in [-0.05, 0) is 36.8 Å². The third-order valence-corrected chi connectivity index (χ3v) is 6.43. The zero-order valence-electron chi connectivity index (χ0n) is 18.2. The van der Waals surface area contributed by atoms with E-state index in [0.29, 0.717) is 17.1 Å². The third-order valence-electron chi connectivity index (χ3n) is 5.29. The molecule has 4 nitrogen and oxygen atoms in total. The maximum absolute atomic E-state index is 12.2. The first-order valence-corrected chi connectivity index (χ1v) is 11.9. The van der Waals surface area contributed by atoms with Crippen molar-refractivity contribution in [3.05, 3.63) is 99.9 Å². The van der Waals surface area contributed by atoms with E-state index in [1.54, 1.807) is 35.6 Å². The molecule has 0 aliphatic carbocycles. The Hall–Kier alpha value is -3.28. The average Bonchev–Trinajstić information content (AvgIpc) is 3.33. The van der Waals surface area contributed by atoms with Crippen LogP contribution in [0.3, 0.4) is 0 Å². The van der Waals surface area contributed by atoms with Crippen molar-refractivity contribution in [1.82, 2.24) is 10.3 Å². The number of aryl methyl sites for hydroxylation is 1. The summed E-state index contributed by atoms with van der Waals surface area (Å²) in [7, 11) is 0. The number of nitrogens with zero attached hydrogens (tertiary/aromatic N) is 1. The lowest BCUT2D eigenvalue weighted by Crippen LogP contribution is -2.23. The first kappa shape index (κ1) is 22.9. The van der Waals surface area contributed by atoms with E-state index in [1.807, 2.05) is 24.3 Å². The van der Waals surface area contributed by atoms with Crippen LogP contribution in [-0.2, 0) is 11.3 Å². The van der Waals surface area contributed by atoms with Gasteiger partial charge in [-0.3, -0.25) is 9.59 Å². The van der Waals surface area contributed by atoms with Gasteiger partial charge in [-0.1, -0.05) is 65.7 Å². The number of carbonyl (C=O) groups is 2. The molecule has 0 fully saturated rings. The number of thiazole rings is 1. The summed E-state index contributed by atoms with van der Waals surface area (Å²) >= 11 is 7.45. The molecule has 166 valence electrons. The van der Waals surface area contributed by atoms with Crippen LogP contribution in [0.25, 0.3) is 21.8 Å². The van der Waals surface area contributed by atoms with Gasteiger partial charge in [0.05, 0.1) is 5.69 Å². The van der Waals surface area contributed by atoms with E-state index < -0.39 is 0 Å². The molecule has 0 unspecified atom stereocenters. The molecule has 0 saturated heterocycles. The minimum absolute atomic E-state index is 0.0698. The van der Waals surface area contributed by atoms with Crippen molar-refractivity contribution in [1.29, 1.82) is 0 Å². The minimum atomic E-state index is -0.149. The first-order chi connectivity index (χ1) is 16.0. The van der Waals surface area contributed by atoms with Gasteiger partial charge in [0.2, 0.25) is 5.91 Å². The molecule has 1 aromatic heterocycles. The molecule has 0 spiro atoms. The van der Waals surface area contributed by atoms with Crippen molar-refractivity contribution in [2.45, 2.75) is 26.3 Å². The molecule has 0 radical (unpaired) electrons. The quantitative estimate of drug-likeness (QED) is 0.288. The van der Waals surface area contributed by atoms with Gasteiger partial charge in [-0.2, -0.15) is 0 Å². The summed E-state index contributed by atoms with van der Waals surface area (Å²) in [5, 5.41) is 6.49. The van der Waals surface area contributed by atoms with E-state index in [-0.39, 0.29) is 24.5 Å². The molecule has 1 N–H and O–H groups in total. The van der Waals surface area contributed by atoms with Gasteiger partial charge in [0.1, 0.15) is 5.01 Å². The number of ketones is 1. The van der Waals surface area contributed by atoms with Crippen molar-refractivity contribution in [2.24, 2.45) is 0 Å². The molecule has 1 heterocycles. The maximum atomic E-state index is 12.2. The molecule has 0 atom stereocenters. The van der Waals surface area contributed by atoms with Crippen LogP contribution in [0, 0.1) is 6.92 Å². The fourth-order valence-electron chi connectivity index (χ4n) is 3.32. The predicted molar refractivity (Wildman–Crippen MR) is 135 cm³/mol. The van der Waals surface area contributed by atoms with Crippen molar-refractivity contribution in [3.63, 3.8) is 0 Å². The number of aromatic nitrogens is 1. The molecule has 3 aromatic carbocycles. The van der Waals surface area contributed by atoms with Crippen molar-refractivity contribution < 1.29 is 9.59 Å². The van der Waals surface area contributed by atoms with Crippen LogP contribution in [0.1, 0.15) is 34.3 Å². The number of Topliss-reactive ketones (excluding diaryl/α,β-unsaturated/α-hetero) is 1. The average molecular weight is 475 g/mol. The Kier molecular flexibility index (Phi) is 7.33. The lowest BCUT2D eigenvalue weighted by molar-refractivity contribution is -0.121. The molecule has 0 bridgehead atoms. The van der Waals surface area contributed by atoms with Gasteiger partial charge in [0.15, 0.2) is 5.78 Å². The van der Waals surface area contributed by atoms with Crippen molar-refractivity contribution in [3.8, 4) is 21.8 Å². The van der Waals surface area contributed by atoms with E-state index in [4.69, 9.17) is 16.6 Å². The van der Waals surface area contributed by atoms with Gasteiger partial charge >= 0.3 is 0 Å². The van der Waals surface area contributed by atoms with Crippen LogP contribution in [0.5, 0.6) is 0 Å². The van der Waals surface area contributed by atoms with E-state index in [1.165, 1.54) is 5.56 Å². The minimum Gasteiger partial charge on any atom is -0.352 e. The highest BCUT2D eigenvalue weighted by atomic mass is 35.5. The highest BCUT2D eigenvalue weighted by molar-refractivity contribution is 7.13. The topological polar surface area (TPSA) is 59.1 Å². The van der Waals surface area contributed by atoms with Crippen LogP contribution in [0.4, 0.5) is 0 Å². The predicted octanol–water partition coefficient (Wildman–Crippen LogP) is 6.72. The van der Waals surface area contributed by atoms with Crippen molar-refractivity contribution in [2.75, 3.05) is 0 Å². The Balaban J connectivity index is 1.28. The Morgan fingerprint density at radius 2 is 1.55 bits per heavy atom. The summed E-state index contributed by atoms with van der Waals surface area (Å²) in [6.07, 6.45) is 0.320. The van der Waals surface area contributed by atoms with Gasteiger partial charge in [0, 0.05) is 46.5 Å². The van der Waals surface area contributed by atoms with Gasteiger partial charge in [-0.15, -0.1) is 11.3 Å². The van der Waals surface area contributed by atoms with Crippen LogP contribution in [0.15, 0.2) is 78.2 Å². The normalized spacial score (nSPS) is 10.7. The number of rotatable bonds is 8. The van der Waals surface area contributed by atoms with E-state index in [2.05, 4.69) is 41.9 Å². The van der Waals surface area contributed by atoms with E-state index in [9.17, 15) is 9.59 Å². The summed E-state index contributed by atoms with van der Waals surface area (Å²) in [4.78, 5) is 29.1. The molecule has 0 saturated carbocycles. The Morgan fingerprint density at radius 1 is 0.879 bits per heavy atom. The second-order valence-electron chi connectivity index (χ2n) is 7.81. The number of hydrogen-bond donors (Lipinski definition) is 1. The summed E-state index contributed by atoms with van der Waals surface area (Å²) < 4.78 is 0. The molecule has 4 rings (SSSR count). The fraction of sp³-hybridized carbons (Fsp3) is 0.148. The maximum Gasteiger partial charge on any atom is 0.220 e. The molecule has 33 heavy (non-hydrogen) atoms. The lowest BCUT2D eigenvalue weighted by Gasteiger charge is -2.06. The summed E-state index contributed by atoms with van der Waals surface area (Å²) in [6.45, 7) is 2.49. The zero-order chi connectivity index (χ0) is 23.2. The highest BCUT2D eigenvalue weighted by Crippen LogP contribution is 2.29. The fourth-order valence-corrected chi connectivity index (χ4v) is 4.29. The van der Waals surface area contributed by atoms with Gasteiger partial charge in [-0.25, -0.2) is 4.98 Å². The van der Waals surface area contributed by atoms with Crippen LogP contribution >= 0.6 is 22.9 Å². The molecular weight excluding hydrogens is 452 g/mol. The second-order valence-corrected chi connectivity index (χ2v) is 9.10. The molecular formula is C27H23ClN2O2S. The van der Waals surface area contributed by atoms with Crippen LogP contribution in [0.2, 0.25) is 5.02 Å². The summed E-state index contributed by atoms with van der Waals surface area (Å²) in [5.41, 5.74) is 5.91. The third kappa shape index (κ3) is 6.15. The number of nitrogens with one attached hydrogen (secondary N) is 1. The largest absolute Gasteiger partial charge is 0.352 e. The second kappa shape index (κ2) is 10.6. The van der Waals surface area contributed by atoms with Crippen LogP contribution < -0.4 is 5.32 Å². The summed E-state index contributed by atoms with van der Waals surface area (Å²) in [6, 6.07) is 23.1. The lowest BCUT2D eigenvalue weighted by atomic mass is 10.1. The molecule has 4 aromatic rings. The first-order valence-electron chi connectivity index (χ1n) is 10.7. The molecule has 0 aliphatic rings. The number of halogens is 1. The van der Waals surface area contributed by atoms with Crippen LogP contribution in [-0.4, -0.2) is 16.7 Å². The smallest absolute Gasteiger partial charge is 0.220 e. The SMILES string of the molecule is Cc1ccc(-c2csc(-c3ccc(CNC(=O)CCC(=O)c4ccc(Cl)cc4)cc3)n2)cc1. The molecule has 0 aliphatic heterocycles. The Morgan fingerprint density at radius 3 is 2.24 bits per heavy atom. The van der Waals surface area contributed by atoms with E-state index >= 15 is 0 Å². The van der Waals surface area contributed by atoms with Gasteiger partial charge in [0.25, 0.3) is 0 Å². The van der Waals surface area contributed by atoms with E-state index in [0.717, 1.165) is 27.4 Å². The van der Waals surface area contributed by atoms with Gasteiger partial charge < -0.3 is 5.32 Å². The number of amides is 1. The number of carbonyl (C=O) groups excluding carboxylic acids is 2. The Labute approximate surface area is 202 Å². The summed E-state index contributed by atoms with van der Waals surface area (Å²) in [5.74, 6) is -0.219. The number of benzene rings is 3. The zero-order valence-corrected chi connectivity index (χ0v) is 19.7. The molecule has 6 heteroatoms. The number of hydrogen-bond acceptors (Lipinski definition) is 4. The molecule has 1 amide bonds. The Bertz CT molecular complexity index is 1250. The highest BCUT2D eigenvalue weighted by Gasteiger charge is 2.10. The standard InChI is InChI=1S/C27H23ClN2O2S/c1-18-2-6-20(7-3-18)24-17-33-27(30-24)22-8-4-19(5-9-22)16-29-26(32)15-14-25(31)21-10-12-23(28)13-11-21/h2-13,17H,14-16H2,1H3,(H,29,32).